The molecule has 0 saturated carbocycles. The van der Waals surface area contributed by atoms with Crippen molar-refractivity contribution < 1.29 is 24.3 Å². The smallest absolute Gasteiger partial charge is 0.322 e. The Balaban J connectivity index is 1.34. The number of benzene rings is 2. The molecule has 10 heteroatoms. The van der Waals surface area contributed by atoms with Gasteiger partial charge in [0.15, 0.2) is 0 Å². The summed E-state index contributed by atoms with van der Waals surface area (Å²) in [6.07, 6.45) is 3.47. The third-order valence-corrected chi connectivity index (χ3v) is 8.47. The molecule has 3 N–H and O–H groups in total. The number of nitrogens with zero attached hydrogens (tertiary/aromatic N) is 2. The van der Waals surface area contributed by atoms with Crippen LogP contribution >= 0.6 is 0 Å². The van der Waals surface area contributed by atoms with Crippen molar-refractivity contribution in [3.05, 3.63) is 106 Å². The van der Waals surface area contributed by atoms with Gasteiger partial charge in [-0.1, -0.05) is 54.6 Å². The number of nitrogens with one attached hydrogen (secondary N) is 2. The van der Waals surface area contributed by atoms with Crippen molar-refractivity contribution in [3.8, 4) is 0 Å². The van der Waals surface area contributed by atoms with Gasteiger partial charge in [0, 0.05) is 32.4 Å². The SMILES string of the molecule is Cn1cccc(C(=O)NC2CCN(C(=O)[C@H]3CC[C@@](C(=O)NCC(=O)O)(c4ccccc4)c4ccccc43)CC2)c1=O. The third-order valence-electron chi connectivity index (χ3n) is 8.47. The number of rotatable bonds is 7. The molecule has 42 heavy (non-hydrogen) atoms. The van der Waals surface area contributed by atoms with Gasteiger partial charge in [-0.3, -0.25) is 24.0 Å². The minimum Gasteiger partial charge on any atom is -0.480 e. The van der Waals surface area contributed by atoms with E-state index in [9.17, 15) is 29.1 Å². The van der Waals surface area contributed by atoms with E-state index < -0.39 is 35.7 Å². The van der Waals surface area contributed by atoms with E-state index in [0.29, 0.717) is 44.3 Å². The van der Waals surface area contributed by atoms with Gasteiger partial charge in [0.2, 0.25) is 11.8 Å². The number of carbonyl (C=O) groups is 4. The standard InChI is InChI=1S/C32H34N4O6/c1-35-17-7-11-25(29(35)40)28(39)34-22-14-18-36(19-15-22)30(41)24-13-16-32(21-8-3-2-4-9-21,31(42)33-20-27(37)38)26-12-6-5-10-23(24)26/h2-12,17,22,24H,13-16,18-20H2,1H3,(H,33,42)(H,34,39)(H,37,38)/t24-,32+/m0/s1. The number of aromatic nitrogens is 1. The first kappa shape index (κ1) is 28.8. The molecular weight excluding hydrogens is 536 g/mol. The van der Waals surface area contributed by atoms with Crippen LogP contribution in [0, 0.1) is 0 Å². The van der Waals surface area contributed by atoms with Gasteiger partial charge < -0.3 is 25.2 Å². The van der Waals surface area contributed by atoms with E-state index in [4.69, 9.17) is 0 Å². The zero-order valence-corrected chi connectivity index (χ0v) is 23.4. The Bertz CT molecular complexity index is 1560. The van der Waals surface area contributed by atoms with Crippen LogP contribution in [0.5, 0.6) is 0 Å². The number of hydrogen-bond donors (Lipinski definition) is 3. The summed E-state index contributed by atoms with van der Waals surface area (Å²) in [5.41, 5.74) is 0.814. The number of pyridine rings is 1. The highest BCUT2D eigenvalue weighted by Gasteiger charge is 2.49. The van der Waals surface area contributed by atoms with E-state index in [1.807, 2.05) is 59.5 Å². The number of carboxylic acids is 1. The van der Waals surface area contributed by atoms with Crippen LogP contribution in [-0.4, -0.2) is 63.9 Å². The Morgan fingerprint density at radius 3 is 2.33 bits per heavy atom. The summed E-state index contributed by atoms with van der Waals surface area (Å²) in [5, 5.41) is 14.7. The zero-order chi connectivity index (χ0) is 29.9. The van der Waals surface area contributed by atoms with Crippen molar-refractivity contribution >= 4 is 23.7 Å². The van der Waals surface area contributed by atoms with Gasteiger partial charge in [-0.15, -0.1) is 0 Å². The summed E-state index contributed by atoms with van der Waals surface area (Å²) in [7, 11) is 1.60. The maximum absolute atomic E-state index is 13.9. The van der Waals surface area contributed by atoms with E-state index in [-0.39, 0.29) is 23.1 Å². The molecule has 0 radical (unpaired) electrons. The molecule has 1 saturated heterocycles. The number of carboxylic acid groups (broad SMARTS) is 1. The molecule has 2 aromatic carbocycles. The van der Waals surface area contributed by atoms with Crippen molar-refractivity contribution in [2.24, 2.45) is 7.05 Å². The van der Waals surface area contributed by atoms with Crippen LogP contribution in [0.1, 0.15) is 58.6 Å². The maximum atomic E-state index is 13.9. The molecule has 0 unspecified atom stereocenters. The summed E-state index contributed by atoms with van der Waals surface area (Å²) in [6.45, 7) is 0.415. The predicted octanol–water partition coefficient (Wildman–Crippen LogP) is 2.17. The van der Waals surface area contributed by atoms with Crippen LogP contribution in [0.2, 0.25) is 0 Å². The fraction of sp³-hybridized carbons (Fsp3) is 0.344. The molecule has 3 amide bonds. The maximum Gasteiger partial charge on any atom is 0.322 e. The first-order chi connectivity index (χ1) is 20.2. The molecular formula is C32H34N4O6. The van der Waals surface area contributed by atoms with Gasteiger partial charge in [-0.25, -0.2) is 0 Å². The molecule has 3 aromatic rings. The third kappa shape index (κ3) is 5.44. The van der Waals surface area contributed by atoms with E-state index >= 15 is 0 Å². The Labute approximate surface area is 243 Å². The molecule has 1 aromatic heterocycles. The monoisotopic (exact) mass is 570 g/mol. The summed E-state index contributed by atoms with van der Waals surface area (Å²) < 4.78 is 1.36. The second-order valence-electron chi connectivity index (χ2n) is 10.9. The molecule has 218 valence electrons. The molecule has 0 spiro atoms. The van der Waals surface area contributed by atoms with Gasteiger partial charge >= 0.3 is 5.97 Å². The predicted molar refractivity (Wildman–Crippen MR) is 155 cm³/mol. The van der Waals surface area contributed by atoms with Gasteiger partial charge in [-0.05, 0) is 54.5 Å². The highest BCUT2D eigenvalue weighted by molar-refractivity contribution is 5.96. The molecule has 1 aliphatic heterocycles. The summed E-state index contributed by atoms with van der Waals surface area (Å²) in [6, 6.07) is 19.7. The number of hydrogen-bond acceptors (Lipinski definition) is 5. The normalized spacial score (nSPS) is 20.3. The van der Waals surface area contributed by atoms with Gasteiger partial charge in [-0.2, -0.15) is 0 Å². The number of aryl methyl sites for hydroxylation is 1. The lowest BCUT2D eigenvalue weighted by molar-refractivity contribution is -0.138. The number of amides is 3. The lowest BCUT2D eigenvalue weighted by Gasteiger charge is -2.42. The van der Waals surface area contributed by atoms with Crippen LogP contribution in [-0.2, 0) is 26.8 Å². The molecule has 2 aliphatic rings. The molecule has 1 fully saturated rings. The van der Waals surface area contributed by atoms with Crippen LogP contribution < -0.4 is 16.2 Å². The average Bonchev–Trinajstić information content (AvgIpc) is 3.01. The molecule has 5 rings (SSSR count). The number of piperidine rings is 1. The van der Waals surface area contributed by atoms with Gasteiger partial charge in [0.05, 0.1) is 11.3 Å². The summed E-state index contributed by atoms with van der Waals surface area (Å²) >= 11 is 0. The Hall–Kier alpha value is -4.73. The van der Waals surface area contributed by atoms with Crippen molar-refractivity contribution in [1.29, 1.82) is 0 Å². The largest absolute Gasteiger partial charge is 0.480 e. The van der Waals surface area contributed by atoms with Crippen LogP contribution in [0.4, 0.5) is 0 Å². The zero-order valence-electron chi connectivity index (χ0n) is 23.4. The fourth-order valence-electron chi connectivity index (χ4n) is 6.29. The summed E-state index contributed by atoms with van der Waals surface area (Å²) in [5.74, 6) is -2.44. The Morgan fingerprint density at radius 1 is 0.929 bits per heavy atom. The highest BCUT2D eigenvalue weighted by Crippen LogP contribution is 2.47. The second kappa shape index (κ2) is 12.0. The first-order valence-corrected chi connectivity index (χ1v) is 14.1. The van der Waals surface area contributed by atoms with Crippen LogP contribution in [0.3, 0.4) is 0 Å². The average molecular weight is 571 g/mol. The van der Waals surface area contributed by atoms with E-state index in [0.717, 1.165) is 11.1 Å². The van der Waals surface area contributed by atoms with Crippen molar-refractivity contribution in [2.75, 3.05) is 19.6 Å². The number of fused-ring (bicyclic) bond motifs is 1. The van der Waals surface area contributed by atoms with E-state index in [1.54, 1.807) is 19.3 Å². The Morgan fingerprint density at radius 2 is 1.62 bits per heavy atom. The van der Waals surface area contributed by atoms with E-state index in [1.165, 1.54) is 10.6 Å². The summed E-state index contributed by atoms with van der Waals surface area (Å²) in [4.78, 5) is 65.7. The lowest BCUT2D eigenvalue weighted by Crippen LogP contribution is -2.51. The van der Waals surface area contributed by atoms with Crippen LogP contribution in [0.15, 0.2) is 77.7 Å². The topological polar surface area (TPSA) is 138 Å². The fourth-order valence-corrected chi connectivity index (χ4v) is 6.29. The molecule has 1 aliphatic carbocycles. The quantitative estimate of drug-likeness (QED) is 0.398. The van der Waals surface area contributed by atoms with Crippen LogP contribution in [0.25, 0.3) is 0 Å². The second-order valence-corrected chi connectivity index (χ2v) is 10.9. The minimum atomic E-state index is -1.13. The van der Waals surface area contributed by atoms with Gasteiger partial charge in [0.25, 0.3) is 11.5 Å². The molecule has 10 nitrogen and oxygen atoms in total. The number of carbonyl (C=O) groups excluding carboxylic acids is 3. The van der Waals surface area contributed by atoms with Gasteiger partial charge in [0.1, 0.15) is 12.1 Å². The lowest BCUT2D eigenvalue weighted by atomic mass is 9.62. The highest BCUT2D eigenvalue weighted by atomic mass is 16.4. The Kier molecular flexibility index (Phi) is 8.24. The number of aliphatic carboxylic acids is 1. The van der Waals surface area contributed by atoms with E-state index in [2.05, 4.69) is 10.6 Å². The molecule has 2 atom stereocenters. The van der Waals surface area contributed by atoms with Crippen molar-refractivity contribution in [3.63, 3.8) is 0 Å². The number of likely N-dealkylation sites (tertiary alicyclic amines) is 1. The minimum absolute atomic E-state index is 0.0308. The molecule has 0 bridgehead atoms. The molecule has 2 heterocycles. The van der Waals surface area contributed by atoms with Crippen molar-refractivity contribution in [2.45, 2.75) is 43.1 Å². The van der Waals surface area contributed by atoms with Crippen molar-refractivity contribution in [1.82, 2.24) is 20.1 Å². The first-order valence-electron chi connectivity index (χ1n) is 14.1.